The fraction of sp³-hybridized carbons (Fsp3) is 0.304. The Kier molecular flexibility index (Phi) is 6.44. The van der Waals surface area contributed by atoms with Crippen LogP contribution in [0.3, 0.4) is 0 Å². The largest absolute Gasteiger partial charge is 0.480 e. The first-order valence-corrected chi connectivity index (χ1v) is 10.6. The molecule has 2 heterocycles. The number of nitrogens with zero attached hydrogens (tertiary/aromatic N) is 4. The van der Waals surface area contributed by atoms with Gasteiger partial charge in [-0.15, -0.1) is 0 Å². The summed E-state index contributed by atoms with van der Waals surface area (Å²) in [5.74, 6) is 0.655. The number of aromatic nitrogens is 3. The fourth-order valence-corrected chi connectivity index (χ4v) is 4.00. The first kappa shape index (κ1) is 21.2. The van der Waals surface area contributed by atoms with Crippen molar-refractivity contribution in [3.05, 3.63) is 71.0 Å². The minimum absolute atomic E-state index is 0.276. The smallest absolute Gasteiger partial charge is 0.320 e. The summed E-state index contributed by atoms with van der Waals surface area (Å²) in [5.41, 5.74) is 8.60. The maximum atomic E-state index is 10.9. The molecule has 31 heavy (non-hydrogen) atoms. The normalized spacial score (nSPS) is 17.4. The van der Waals surface area contributed by atoms with E-state index < -0.39 is 12.0 Å². The van der Waals surface area contributed by atoms with Crippen molar-refractivity contribution in [2.45, 2.75) is 31.2 Å². The number of benzene rings is 2. The number of aliphatic carboxylic acids is 1. The van der Waals surface area contributed by atoms with Crippen LogP contribution in [0.4, 0.5) is 5.95 Å². The third-order valence-corrected chi connectivity index (χ3v) is 5.84. The van der Waals surface area contributed by atoms with Crippen molar-refractivity contribution in [3.8, 4) is 11.4 Å². The summed E-state index contributed by atoms with van der Waals surface area (Å²) < 4.78 is 0. The third kappa shape index (κ3) is 5.18. The minimum atomic E-state index is -1.01. The van der Waals surface area contributed by atoms with E-state index in [2.05, 4.69) is 27.0 Å². The molecule has 0 saturated carbocycles. The molecule has 0 amide bonds. The molecule has 0 radical (unpaired) electrons. The van der Waals surface area contributed by atoms with Gasteiger partial charge in [0, 0.05) is 29.6 Å². The number of anilines is 1. The van der Waals surface area contributed by atoms with Gasteiger partial charge < -0.3 is 15.7 Å². The number of carboxylic acids is 1. The number of carboxylic acid groups (broad SMARTS) is 1. The monoisotopic (exact) mass is 437 g/mol. The highest BCUT2D eigenvalue weighted by Crippen LogP contribution is 2.29. The topological polar surface area (TPSA) is 105 Å². The Balaban J connectivity index is 1.49. The van der Waals surface area contributed by atoms with E-state index in [0.717, 1.165) is 42.1 Å². The van der Waals surface area contributed by atoms with Crippen molar-refractivity contribution < 1.29 is 9.90 Å². The number of piperidine rings is 1. The fourth-order valence-electron chi connectivity index (χ4n) is 3.88. The number of halogens is 1. The highest BCUT2D eigenvalue weighted by Gasteiger charge is 2.23. The van der Waals surface area contributed by atoms with Gasteiger partial charge in [0.1, 0.15) is 12.4 Å². The van der Waals surface area contributed by atoms with Crippen LogP contribution in [0.1, 0.15) is 29.9 Å². The molecule has 1 aromatic heterocycles. The Hall–Kier alpha value is -3.03. The molecule has 0 bridgehead atoms. The van der Waals surface area contributed by atoms with E-state index in [1.807, 2.05) is 36.4 Å². The Morgan fingerprint density at radius 3 is 2.61 bits per heavy atom. The van der Waals surface area contributed by atoms with Crippen LogP contribution in [0.15, 0.2) is 54.9 Å². The number of nitrogens with two attached hydrogens (primary N) is 1. The molecule has 2 atom stereocenters. The van der Waals surface area contributed by atoms with Crippen molar-refractivity contribution >= 4 is 23.5 Å². The summed E-state index contributed by atoms with van der Waals surface area (Å²) in [7, 11) is 0. The predicted octanol–water partition coefficient (Wildman–Crippen LogP) is 3.53. The molecule has 8 heteroatoms. The van der Waals surface area contributed by atoms with E-state index in [4.69, 9.17) is 27.4 Å². The minimum Gasteiger partial charge on any atom is -0.480 e. The van der Waals surface area contributed by atoms with Crippen LogP contribution < -0.4 is 10.6 Å². The summed E-state index contributed by atoms with van der Waals surface area (Å²) in [6.07, 6.45) is 4.00. The van der Waals surface area contributed by atoms with Crippen LogP contribution in [-0.4, -0.2) is 45.2 Å². The predicted molar refractivity (Wildman–Crippen MR) is 120 cm³/mol. The maximum absolute atomic E-state index is 10.9. The molecule has 0 spiro atoms. The van der Waals surface area contributed by atoms with E-state index in [0.29, 0.717) is 17.7 Å². The molecule has 1 aliphatic rings. The molecule has 3 aromatic rings. The molecule has 1 fully saturated rings. The molecule has 1 aliphatic heterocycles. The second-order valence-corrected chi connectivity index (χ2v) is 8.23. The highest BCUT2D eigenvalue weighted by atomic mass is 35.5. The lowest BCUT2D eigenvalue weighted by molar-refractivity contribution is -0.138. The summed E-state index contributed by atoms with van der Waals surface area (Å²) in [6.45, 7) is 1.75. The summed E-state index contributed by atoms with van der Waals surface area (Å²) >= 11 is 6.03. The van der Waals surface area contributed by atoms with Gasteiger partial charge in [-0.25, -0.2) is 9.97 Å². The van der Waals surface area contributed by atoms with E-state index in [1.54, 1.807) is 0 Å². The zero-order valence-corrected chi connectivity index (χ0v) is 17.7. The van der Waals surface area contributed by atoms with Crippen molar-refractivity contribution in [2.24, 2.45) is 5.73 Å². The lowest BCUT2D eigenvalue weighted by Gasteiger charge is -2.33. The molecule has 1 saturated heterocycles. The van der Waals surface area contributed by atoms with Crippen LogP contribution >= 0.6 is 11.6 Å². The molecule has 0 aliphatic carbocycles. The second-order valence-electron chi connectivity index (χ2n) is 7.79. The van der Waals surface area contributed by atoms with Gasteiger partial charge in [0.15, 0.2) is 5.82 Å². The average Bonchev–Trinajstić information content (AvgIpc) is 2.80. The molecule has 4 rings (SSSR count). The third-order valence-electron chi connectivity index (χ3n) is 5.59. The molecule has 7 nitrogen and oxygen atoms in total. The van der Waals surface area contributed by atoms with Crippen LogP contribution in [0.2, 0.25) is 5.02 Å². The lowest BCUT2D eigenvalue weighted by Crippen LogP contribution is -2.35. The molecule has 160 valence electrons. The highest BCUT2D eigenvalue weighted by molar-refractivity contribution is 6.30. The van der Waals surface area contributed by atoms with E-state index >= 15 is 0 Å². The molecule has 1 unspecified atom stereocenters. The number of rotatable bonds is 6. The zero-order valence-electron chi connectivity index (χ0n) is 17.0. The van der Waals surface area contributed by atoms with Crippen molar-refractivity contribution in [2.75, 3.05) is 18.0 Å². The van der Waals surface area contributed by atoms with Gasteiger partial charge >= 0.3 is 5.97 Å². The first-order chi connectivity index (χ1) is 15.0. The van der Waals surface area contributed by atoms with Gasteiger partial charge in [-0.1, -0.05) is 48.0 Å². The lowest BCUT2D eigenvalue weighted by atomic mass is 9.91. The van der Waals surface area contributed by atoms with E-state index in [9.17, 15) is 4.79 Å². The molecular formula is C23H24ClN5O2. The van der Waals surface area contributed by atoms with Gasteiger partial charge in [-0.3, -0.25) is 4.79 Å². The Labute approximate surface area is 185 Å². The molecule has 3 N–H and O–H groups in total. The van der Waals surface area contributed by atoms with Crippen molar-refractivity contribution in [1.29, 1.82) is 0 Å². The van der Waals surface area contributed by atoms with Gasteiger partial charge in [0.25, 0.3) is 0 Å². The Bertz CT molecular complexity index is 1040. The first-order valence-electron chi connectivity index (χ1n) is 10.3. The van der Waals surface area contributed by atoms with Crippen LogP contribution in [-0.2, 0) is 11.2 Å². The van der Waals surface area contributed by atoms with Crippen molar-refractivity contribution in [1.82, 2.24) is 15.0 Å². The zero-order chi connectivity index (χ0) is 21.8. The number of hydrogen-bond acceptors (Lipinski definition) is 6. The van der Waals surface area contributed by atoms with Crippen LogP contribution in [0.5, 0.6) is 0 Å². The van der Waals surface area contributed by atoms with Crippen molar-refractivity contribution in [3.63, 3.8) is 0 Å². The average molecular weight is 438 g/mol. The number of hydrogen-bond donors (Lipinski definition) is 2. The van der Waals surface area contributed by atoms with Gasteiger partial charge in [-0.05, 0) is 42.5 Å². The summed E-state index contributed by atoms with van der Waals surface area (Å²) in [4.78, 5) is 26.6. The number of carbonyl (C=O) groups is 1. The maximum Gasteiger partial charge on any atom is 0.320 e. The SMILES string of the molecule is N[C@@H](Cc1ccc(-c2ncnc(N3CCCC(c4ccc(Cl)cc4)C3)n2)cc1)C(=O)O. The van der Waals surface area contributed by atoms with Crippen LogP contribution in [0.25, 0.3) is 11.4 Å². The van der Waals surface area contributed by atoms with Crippen LogP contribution in [0, 0.1) is 0 Å². The van der Waals surface area contributed by atoms with Gasteiger partial charge in [0.05, 0.1) is 0 Å². The van der Waals surface area contributed by atoms with E-state index in [-0.39, 0.29) is 6.42 Å². The Morgan fingerprint density at radius 1 is 1.16 bits per heavy atom. The van der Waals surface area contributed by atoms with Gasteiger partial charge in [-0.2, -0.15) is 4.98 Å². The standard InChI is InChI=1S/C23H24ClN5O2/c24-19-9-7-16(8-10-19)18-2-1-11-29(13-18)23-27-14-26-21(28-23)17-5-3-15(4-6-17)12-20(25)22(30)31/h3-10,14,18,20H,1-2,11-13,25H2,(H,30,31)/t18?,20-/m0/s1. The molecule has 2 aromatic carbocycles. The summed E-state index contributed by atoms with van der Waals surface area (Å²) in [5, 5.41) is 9.72. The summed E-state index contributed by atoms with van der Waals surface area (Å²) in [6, 6.07) is 14.6. The van der Waals surface area contributed by atoms with Gasteiger partial charge in [0.2, 0.25) is 5.95 Å². The van der Waals surface area contributed by atoms with E-state index in [1.165, 1.54) is 11.9 Å². The Morgan fingerprint density at radius 2 is 1.90 bits per heavy atom. The quantitative estimate of drug-likeness (QED) is 0.607. The molecular weight excluding hydrogens is 414 g/mol. The second kappa shape index (κ2) is 9.41.